The van der Waals surface area contributed by atoms with Crippen molar-refractivity contribution in [2.75, 3.05) is 5.32 Å². The number of hydrogen-bond acceptors (Lipinski definition) is 4. The van der Waals surface area contributed by atoms with E-state index in [1.54, 1.807) is 0 Å². The zero-order valence-corrected chi connectivity index (χ0v) is 10.9. The number of nitrogens with one attached hydrogen (secondary N) is 3. The van der Waals surface area contributed by atoms with Gasteiger partial charge in [0, 0.05) is 6.54 Å². The van der Waals surface area contributed by atoms with Crippen LogP contribution in [0.1, 0.15) is 30.9 Å². The van der Waals surface area contributed by atoms with Gasteiger partial charge in [0.05, 0.1) is 0 Å². The van der Waals surface area contributed by atoms with E-state index in [0.717, 1.165) is 5.56 Å². The van der Waals surface area contributed by atoms with Gasteiger partial charge >= 0.3 is 5.69 Å². The molecule has 100 valence electrons. The number of aromatic nitrogens is 3. The molecule has 6 nitrogen and oxygen atoms in total. The monoisotopic (exact) mass is 260 g/mol. The van der Waals surface area contributed by atoms with Crippen LogP contribution in [0.2, 0.25) is 0 Å². The fraction of sp³-hybridized carbons (Fsp3) is 0.308. The van der Waals surface area contributed by atoms with E-state index < -0.39 is 11.2 Å². The molecule has 0 atom stereocenters. The molecule has 0 bridgehead atoms. The van der Waals surface area contributed by atoms with Crippen molar-refractivity contribution in [3.05, 3.63) is 56.2 Å². The molecule has 6 heteroatoms. The second-order valence-electron chi connectivity index (χ2n) is 4.61. The summed E-state index contributed by atoms with van der Waals surface area (Å²) in [6, 6.07) is 8.13. The van der Waals surface area contributed by atoms with Crippen LogP contribution >= 0.6 is 0 Å². The number of aromatic amines is 2. The smallest absolute Gasteiger partial charge is 0.342 e. The van der Waals surface area contributed by atoms with Gasteiger partial charge in [0.1, 0.15) is 0 Å². The summed E-state index contributed by atoms with van der Waals surface area (Å²) in [6.07, 6.45) is 0. The molecule has 2 rings (SSSR count). The summed E-state index contributed by atoms with van der Waals surface area (Å²) in [5.41, 5.74) is 1.17. The number of anilines is 1. The standard InChI is InChI=1S/C13H16N4O2/c1-8(2)10-5-3-9(4-6-10)7-14-11-12(18)15-13(19)17-16-11/h3-6,8H,7H2,1-2H3,(H,14,16)(H2,15,17,18,19). The Labute approximate surface area is 109 Å². The molecule has 0 aliphatic carbocycles. The first kappa shape index (κ1) is 13.1. The minimum Gasteiger partial charge on any atom is -0.360 e. The Kier molecular flexibility index (Phi) is 3.79. The van der Waals surface area contributed by atoms with Crippen LogP contribution in [0.5, 0.6) is 0 Å². The van der Waals surface area contributed by atoms with Crippen molar-refractivity contribution in [2.24, 2.45) is 0 Å². The maximum absolute atomic E-state index is 11.4. The van der Waals surface area contributed by atoms with E-state index in [2.05, 4.69) is 46.5 Å². The number of rotatable bonds is 4. The largest absolute Gasteiger partial charge is 0.360 e. The van der Waals surface area contributed by atoms with E-state index in [-0.39, 0.29) is 5.82 Å². The van der Waals surface area contributed by atoms with Gasteiger partial charge in [-0.2, -0.15) is 0 Å². The Hall–Kier alpha value is -2.37. The minimum absolute atomic E-state index is 0.104. The Morgan fingerprint density at radius 3 is 2.47 bits per heavy atom. The molecule has 0 saturated heterocycles. The predicted molar refractivity (Wildman–Crippen MR) is 73.3 cm³/mol. The summed E-state index contributed by atoms with van der Waals surface area (Å²) in [6.45, 7) is 4.74. The highest BCUT2D eigenvalue weighted by molar-refractivity contribution is 5.32. The Morgan fingerprint density at radius 2 is 1.89 bits per heavy atom. The molecule has 19 heavy (non-hydrogen) atoms. The topological polar surface area (TPSA) is 90.6 Å². The van der Waals surface area contributed by atoms with E-state index in [0.29, 0.717) is 12.5 Å². The average molecular weight is 260 g/mol. The molecule has 0 aliphatic rings. The van der Waals surface area contributed by atoms with Crippen LogP contribution in [0.15, 0.2) is 33.9 Å². The van der Waals surface area contributed by atoms with Crippen molar-refractivity contribution in [2.45, 2.75) is 26.3 Å². The molecular weight excluding hydrogens is 244 g/mol. The summed E-state index contributed by atoms with van der Waals surface area (Å²) in [7, 11) is 0. The van der Waals surface area contributed by atoms with Gasteiger partial charge < -0.3 is 5.32 Å². The molecule has 0 aliphatic heterocycles. The molecule has 0 radical (unpaired) electrons. The average Bonchev–Trinajstić information content (AvgIpc) is 2.38. The van der Waals surface area contributed by atoms with Crippen LogP contribution in [0.4, 0.5) is 5.82 Å². The zero-order valence-electron chi connectivity index (χ0n) is 10.9. The first-order chi connectivity index (χ1) is 9.06. The third-order valence-corrected chi connectivity index (χ3v) is 2.82. The molecular formula is C13H16N4O2. The van der Waals surface area contributed by atoms with E-state index in [4.69, 9.17) is 0 Å². The van der Waals surface area contributed by atoms with Gasteiger partial charge in [0.15, 0.2) is 0 Å². The van der Waals surface area contributed by atoms with Crippen LogP contribution in [-0.4, -0.2) is 15.2 Å². The van der Waals surface area contributed by atoms with Crippen molar-refractivity contribution < 1.29 is 0 Å². The first-order valence-electron chi connectivity index (χ1n) is 6.08. The Bertz CT molecular complexity index is 655. The van der Waals surface area contributed by atoms with Crippen molar-refractivity contribution in [1.82, 2.24) is 15.2 Å². The van der Waals surface area contributed by atoms with Crippen LogP contribution in [-0.2, 0) is 6.54 Å². The second kappa shape index (κ2) is 5.51. The third-order valence-electron chi connectivity index (χ3n) is 2.82. The molecule has 1 heterocycles. The SMILES string of the molecule is CC(C)c1ccc(CNc2n[nH]c(=O)[nH]c2=O)cc1. The lowest BCUT2D eigenvalue weighted by Crippen LogP contribution is -2.26. The summed E-state index contributed by atoms with van der Waals surface area (Å²) in [5, 5.41) is 8.70. The van der Waals surface area contributed by atoms with Crippen LogP contribution in [0.3, 0.4) is 0 Å². The Morgan fingerprint density at radius 1 is 1.21 bits per heavy atom. The van der Waals surface area contributed by atoms with Crippen LogP contribution < -0.4 is 16.6 Å². The maximum atomic E-state index is 11.4. The maximum Gasteiger partial charge on any atom is 0.342 e. The molecule has 3 N–H and O–H groups in total. The fourth-order valence-corrected chi connectivity index (χ4v) is 1.67. The normalized spacial score (nSPS) is 10.7. The minimum atomic E-state index is -0.614. The molecule has 0 amide bonds. The molecule has 1 aromatic heterocycles. The number of benzene rings is 1. The van der Waals surface area contributed by atoms with Crippen molar-refractivity contribution in [1.29, 1.82) is 0 Å². The summed E-state index contributed by atoms with van der Waals surface area (Å²) >= 11 is 0. The summed E-state index contributed by atoms with van der Waals surface area (Å²) in [4.78, 5) is 24.3. The van der Waals surface area contributed by atoms with Gasteiger partial charge in [0.25, 0.3) is 5.56 Å². The lowest BCUT2D eigenvalue weighted by molar-refractivity contribution is 0.863. The quantitative estimate of drug-likeness (QED) is 0.770. The molecule has 0 spiro atoms. The van der Waals surface area contributed by atoms with Gasteiger partial charge in [-0.1, -0.05) is 38.1 Å². The number of H-pyrrole nitrogens is 2. The first-order valence-corrected chi connectivity index (χ1v) is 6.08. The van der Waals surface area contributed by atoms with Crippen molar-refractivity contribution in [3.8, 4) is 0 Å². The van der Waals surface area contributed by atoms with Crippen LogP contribution in [0.25, 0.3) is 0 Å². The second-order valence-corrected chi connectivity index (χ2v) is 4.61. The third kappa shape index (κ3) is 3.31. The van der Waals surface area contributed by atoms with Crippen molar-refractivity contribution in [3.63, 3.8) is 0 Å². The lowest BCUT2D eigenvalue weighted by Gasteiger charge is -2.07. The molecule has 2 aromatic rings. The lowest BCUT2D eigenvalue weighted by atomic mass is 10.0. The van der Waals surface area contributed by atoms with E-state index in [9.17, 15) is 9.59 Å². The van der Waals surface area contributed by atoms with Gasteiger partial charge in [0.2, 0.25) is 5.82 Å². The molecule has 0 saturated carbocycles. The van der Waals surface area contributed by atoms with E-state index in [1.807, 2.05) is 12.1 Å². The van der Waals surface area contributed by atoms with Gasteiger partial charge in [-0.15, -0.1) is 5.10 Å². The van der Waals surface area contributed by atoms with E-state index >= 15 is 0 Å². The number of nitrogens with zero attached hydrogens (tertiary/aromatic N) is 1. The summed E-state index contributed by atoms with van der Waals surface area (Å²) in [5.74, 6) is 0.596. The summed E-state index contributed by atoms with van der Waals surface area (Å²) < 4.78 is 0. The Balaban J connectivity index is 2.06. The molecule has 0 unspecified atom stereocenters. The predicted octanol–water partition coefficient (Wildman–Crippen LogP) is 1.19. The molecule has 0 fully saturated rings. The highest BCUT2D eigenvalue weighted by Crippen LogP contribution is 2.14. The zero-order chi connectivity index (χ0) is 13.8. The highest BCUT2D eigenvalue weighted by atomic mass is 16.2. The highest BCUT2D eigenvalue weighted by Gasteiger charge is 2.02. The van der Waals surface area contributed by atoms with Gasteiger partial charge in [-0.25, -0.2) is 9.89 Å². The van der Waals surface area contributed by atoms with Gasteiger partial charge in [-0.05, 0) is 17.0 Å². The van der Waals surface area contributed by atoms with Crippen LogP contribution in [0, 0.1) is 0 Å². The van der Waals surface area contributed by atoms with E-state index in [1.165, 1.54) is 5.56 Å². The molecule has 1 aromatic carbocycles. The fourth-order valence-electron chi connectivity index (χ4n) is 1.67. The van der Waals surface area contributed by atoms with Gasteiger partial charge in [-0.3, -0.25) is 9.78 Å². The van der Waals surface area contributed by atoms with Crippen molar-refractivity contribution >= 4 is 5.82 Å². The number of hydrogen-bond donors (Lipinski definition) is 3.